The van der Waals surface area contributed by atoms with E-state index in [0.29, 0.717) is 6.04 Å². The van der Waals surface area contributed by atoms with Gasteiger partial charge in [0.15, 0.2) is 0 Å². The van der Waals surface area contributed by atoms with Crippen LogP contribution in [0.1, 0.15) is 24.4 Å². The monoisotopic (exact) mass is 268 g/mol. The summed E-state index contributed by atoms with van der Waals surface area (Å²) in [4.78, 5) is 0. The summed E-state index contributed by atoms with van der Waals surface area (Å²) in [5, 5.41) is 6.89. The zero-order chi connectivity index (χ0) is 10.7. The standard InChI is InChI=1S/C12H17BrN2/c1-14-12(8-15-11-6-7-11)9-2-4-10(13)5-3-9/h2-5,11-12,14-15H,6-8H2,1H3. The molecule has 0 saturated heterocycles. The van der Waals surface area contributed by atoms with Crippen LogP contribution in [-0.2, 0) is 0 Å². The second-order valence-corrected chi connectivity index (χ2v) is 4.99. The third kappa shape index (κ3) is 3.30. The average molecular weight is 269 g/mol. The number of hydrogen-bond acceptors (Lipinski definition) is 2. The average Bonchev–Trinajstić information content (AvgIpc) is 3.05. The molecule has 82 valence electrons. The summed E-state index contributed by atoms with van der Waals surface area (Å²) in [5.41, 5.74) is 1.34. The van der Waals surface area contributed by atoms with Crippen molar-refractivity contribution < 1.29 is 0 Å². The maximum Gasteiger partial charge on any atom is 0.0444 e. The molecule has 0 amide bonds. The van der Waals surface area contributed by atoms with Gasteiger partial charge in [0.2, 0.25) is 0 Å². The number of benzene rings is 1. The largest absolute Gasteiger partial charge is 0.312 e. The quantitative estimate of drug-likeness (QED) is 0.858. The topological polar surface area (TPSA) is 24.1 Å². The lowest BCUT2D eigenvalue weighted by molar-refractivity contribution is 0.526. The Balaban J connectivity index is 1.94. The summed E-state index contributed by atoms with van der Waals surface area (Å²) in [7, 11) is 2.02. The minimum Gasteiger partial charge on any atom is -0.312 e. The van der Waals surface area contributed by atoms with Crippen molar-refractivity contribution in [1.82, 2.24) is 10.6 Å². The smallest absolute Gasteiger partial charge is 0.0444 e. The molecular formula is C12H17BrN2. The molecule has 1 aromatic rings. The van der Waals surface area contributed by atoms with Gasteiger partial charge in [-0.15, -0.1) is 0 Å². The van der Waals surface area contributed by atoms with E-state index in [4.69, 9.17) is 0 Å². The summed E-state index contributed by atoms with van der Waals surface area (Å²) in [6.45, 7) is 1.02. The maximum absolute atomic E-state index is 3.55. The van der Waals surface area contributed by atoms with Gasteiger partial charge in [-0.1, -0.05) is 28.1 Å². The molecule has 0 aromatic heterocycles. The van der Waals surface area contributed by atoms with E-state index in [1.807, 2.05) is 7.05 Å². The van der Waals surface area contributed by atoms with Gasteiger partial charge in [0.1, 0.15) is 0 Å². The first kappa shape index (κ1) is 11.1. The number of hydrogen-bond donors (Lipinski definition) is 2. The second-order valence-electron chi connectivity index (χ2n) is 4.08. The summed E-state index contributed by atoms with van der Waals surface area (Å²) in [6.07, 6.45) is 2.69. The summed E-state index contributed by atoms with van der Waals surface area (Å²) < 4.78 is 1.14. The molecule has 1 atom stereocenters. The van der Waals surface area contributed by atoms with Crippen LogP contribution in [0.5, 0.6) is 0 Å². The van der Waals surface area contributed by atoms with Crippen LogP contribution in [0.15, 0.2) is 28.7 Å². The highest BCUT2D eigenvalue weighted by Gasteiger charge is 2.21. The Morgan fingerprint density at radius 1 is 1.33 bits per heavy atom. The molecule has 1 fully saturated rings. The molecule has 1 aliphatic carbocycles. The van der Waals surface area contributed by atoms with Crippen LogP contribution in [0.3, 0.4) is 0 Å². The molecule has 2 N–H and O–H groups in total. The van der Waals surface area contributed by atoms with Gasteiger partial charge >= 0.3 is 0 Å². The Kier molecular flexibility index (Phi) is 3.78. The van der Waals surface area contributed by atoms with E-state index < -0.39 is 0 Å². The van der Waals surface area contributed by atoms with E-state index in [1.165, 1.54) is 18.4 Å². The van der Waals surface area contributed by atoms with Crippen LogP contribution in [-0.4, -0.2) is 19.6 Å². The first-order valence-corrected chi connectivity index (χ1v) is 6.25. The van der Waals surface area contributed by atoms with Crippen LogP contribution in [0.4, 0.5) is 0 Å². The highest BCUT2D eigenvalue weighted by Crippen LogP contribution is 2.21. The van der Waals surface area contributed by atoms with Crippen molar-refractivity contribution in [2.45, 2.75) is 24.9 Å². The normalized spacial score (nSPS) is 17.7. The molecule has 1 saturated carbocycles. The first-order chi connectivity index (χ1) is 7.29. The van der Waals surface area contributed by atoms with E-state index >= 15 is 0 Å². The van der Waals surface area contributed by atoms with Crippen LogP contribution in [0.2, 0.25) is 0 Å². The Bertz CT molecular complexity index is 306. The Morgan fingerprint density at radius 2 is 2.00 bits per heavy atom. The van der Waals surface area contributed by atoms with Gasteiger partial charge in [-0.05, 0) is 37.6 Å². The fourth-order valence-electron chi connectivity index (χ4n) is 1.65. The van der Waals surface area contributed by atoms with Gasteiger partial charge in [-0.25, -0.2) is 0 Å². The zero-order valence-corrected chi connectivity index (χ0v) is 10.5. The van der Waals surface area contributed by atoms with Crippen LogP contribution in [0.25, 0.3) is 0 Å². The van der Waals surface area contributed by atoms with E-state index in [9.17, 15) is 0 Å². The lowest BCUT2D eigenvalue weighted by Crippen LogP contribution is -2.30. The highest BCUT2D eigenvalue weighted by molar-refractivity contribution is 9.10. The molecule has 0 aliphatic heterocycles. The molecule has 0 bridgehead atoms. The number of rotatable bonds is 5. The van der Waals surface area contributed by atoms with Crippen LogP contribution in [0, 0.1) is 0 Å². The minimum atomic E-state index is 0.415. The van der Waals surface area contributed by atoms with Crippen LogP contribution < -0.4 is 10.6 Å². The minimum absolute atomic E-state index is 0.415. The first-order valence-electron chi connectivity index (χ1n) is 5.45. The highest BCUT2D eigenvalue weighted by atomic mass is 79.9. The van der Waals surface area contributed by atoms with Crippen LogP contribution >= 0.6 is 15.9 Å². The van der Waals surface area contributed by atoms with Crippen molar-refractivity contribution in [3.05, 3.63) is 34.3 Å². The van der Waals surface area contributed by atoms with Gasteiger partial charge < -0.3 is 10.6 Å². The third-order valence-electron chi connectivity index (χ3n) is 2.81. The van der Waals surface area contributed by atoms with Gasteiger partial charge in [0, 0.05) is 23.1 Å². The van der Waals surface area contributed by atoms with Gasteiger partial charge in [-0.2, -0.15) is 0 Å². The number of halogens is 1. The fraction of sp³-hybridized carbons (Fsp3) is 0.500. The van der Waals surface area contributed by atoms with E-state index in [0.717, 1.165) is 17.1 Å². The van der Waals surface area contributed by atoms with Gasteiger partial charge in [0.05, 0.1) is 0 Å². The Labute approximate surface area is 99.6 Å². The van der Waals surface area contributed by atoms with E-state index in [1.54, 1.807) is 0 Å². The lowest BCUT2D eigenvalue weighted by Gasteiger charge is -2.17. The Morgan fingerprint density at radius 3 is 2.53 bits per heavy atom. The van der Waals surface area contributed by atoms with Crippen molar-refractivity contribution in [1.29, 1.82) is 0 Å². The third-order valence-corrected chi connectivity index (χ3v) is 3.34. The molecule has 1 unspecified atom stereocenters. The number of likely N-dealkylation sites (N-methyl/N-ethyl adjacent to an activating group) is 1. The predicted molar refractivity (Wildman–Crippen MR) is 67.0 cm³/mol. The molecular weight excluding hydrogens is 252 g/mol. The molecule has 0 spiro atoms. The predicted octanol–water partition coefficient (Wildman–Crippen LogP) is 2.46. The van der Waals surface area contributed by atoms with Crippen molar-refractivity contribution in [3.8, 4) is 0 Å². The molecule has 15 heavy (non-hydrogen) atoms. The lowest BCUT2D eigenvalue weighted by atomic mass is 10.1. The van der Waals surface area contributed by atoms with E-state index in [-0.39, 0.29) is 0 Å². The molecule has 1 aromatic carbocycles. The summed E-state index contributed by atoms with van der Waals surface area (Å²) in [5.74, 6) is 0. The Hall–Kier alpha value is -0.380. The fourth-order valence-corrected chi connectivity index (χ4v) is 1.92. The van der Waals surface area contributed by atoms with E-state index in [2.05, 4.69) is 50.8 Å². The molecule has 2 rings (SSSR count). The molecule has 2 nitrogen and oxygen atoms in total. The van der Waals surface area contributed by atoms with Gasteiger partial charge in [-0.3, -0.25) is 0 Å². The zero-order valence-electron chi connectivity index (χ0n) is 8.96. The second kappa shape index (κ2) is 5.10. The summed E-state index contributed by atoms with van der Waals surface area (Å²) >= 11 is 3.45. The molecule has 1 aliphatic rings. The van der Waals surface area contributed by atoms with Crippen molar-refractivity contribution in [2.75, 3.05) is 13.6 Å². The summed E-state index contributed by atoms with van der Waals surface area (Å²) in [6, 6.07) is 9.71. The number of nitrogens with one attached hydrogen (secondary N) is 2. The molecule has 0 radical (unpaired) electrons. The maximum atomic E-state index is 3.55. The molecule has 3 heteroatoms. The van der Waals surface area contributed by atoms with Crippen molar-refractivity contribution >= 4 is 15.9 Å². The van der Waals surface area contributed by atoms with Crippen molar-refractivity contribution in [2.24, 2.45) is 0 Å². The van der Waals surface area contributed by atoms with Crippen molar-refractivity contribution in [3.63, 3.8) is 0 Å². The SMILES string of the molecule is CNC(CNC1CC1)c1ccc(Br)cc1. The van der Waals surface area contributed by atoms with Gasteiger partial charge in [0.25, 0.3) is 0 Å². The molecule has 0 heterocycles.